The van der Waals surface area contributed by atoms with Crippen molar-refractivity contribution in [3.63, 3.8) is 0 Å². The fourth-order valence-electron chi connectivity index (χ4n) is 3.01. The minimum absolute atomic E-state index is 0.215. The number of piperidine rings is 1. The van der Waals surface area contributed by atoms with Crippen LogP contribution in [0.25, 0.3) is 0 Å². The summed E-state index contributed by atoms with van der Waals surface area (Å²) in [5.41, 5.74) is 9.06. The van der Waals surface area contributed by atoms with Crippen molar-refractivity contribution in [2.24, 2.45) is 18.7 Å². The summed E-state index contributed by atoms with van der Waals surface area (Å²) < 4.78 is 1.85. The smallest absolute Gasteiger partial charge is 0.227 e. The molecule has 20 heavy (non-hydrogen) atoms. The number of hydrogen-bond acceptors (Lipinski definition) is 3. The van der Waals surface area contributed by atoms with Gasteiger partial charge in [-0.2, -0.15) is 5.10 Å². The van der Waals surface area contributed by atoms with E-state index in [0.717, 1.165) is 42.9 Å². The summed E-state index contributed by atoms with van der Waals surface area (Å²) in [6, 6.07) is 0.232. The third-order valence-electron chi connectivity index (χ3n) is 4.62. The maximum Gasteiger partial charge on any atom is 0.227 e. The Labute approximate surface area is 121 Å². The molecule has 1 fully saturated rings. The van der Waals surface area contributed by atoms with E-state index in [1.807, 2.05) is 30.5 Å². The van der Waals surface area contributed by atoms with Gasteiger partial charge in [0.05, 0.1) is 12.1 Å². The van der Waals surface area contributed by atoms with Gasteiger partial charge in [-0.1, -0.05) is 0 Å². The first kappa shape index (κ1) is 15.0. The van der Waals surface area contributed by atoms with Gasteiger partial charge in [-0.15, -0.1) is 0 Å². The van der Waals surface area contributed by atoms with Gasteiger partial charge < -0.3 is 10.6 Å². The van der Waals surface area contributed by atoms with E-state index in [4.69, 9.17) is 5.73 Å². The van der Waals surface area contributed by atoms with E-state index in [9.17, 15) is 4.79 Å². The monoisotopic (exact) mass is 278 g/mol. The van der Waals surface area contributed by atoms with Crippen LogP contribution in [0.4, 0.5) is 0 Å². The summed E-state index contributed by atoms with van der Waals surface area (Å²) in [5.74, 6) is 0.772. The molecule has 2 N–H and O–H groups in total. The summed E-state index contributed by atoms with van der Waals surface area (Å²) in [7, 11) is 1.92. The van der Waals surface area contributed by atoms with Crippen molar-refractivity contribution >= 4 is 5.91 Å². The van der Waals surface area contributed by atoms with Crippen molar-refractivity contribution in [2.45, 2.75) is 46.1 Å². The maximum absolute atomic E-state index is 12.4. The molecule has 2 rings (SSSR count). The van der Waals surface area contributed by atoms with Gasteiger partial charge in [0.25, 0.3) is 0 Å². The molecule has 1 atom stereocenters. The van der Waals surface area contributed by atoms with Gasteiger partial charge in [-0.05, 0) is 39.5 Å². The van der Waals surface area contributed by atoms with E-state index in [1.54, 1.807) is 0 Å². The van der Waals surface area contributed by atoms with Gasteiger partial charge in [-0.25, -0.2) is 0 Å². The first-order chi connectivity index (χ1) is 9.40. The zero-order valence-corrected chi connectivity index (χ0v) is 13.0. The molecular formula is C15H26N4O. The normalized spacial score (nSPS) is 18.4. The second-order valence-corrected chi connectivity index (χ2v) is 6.03. The fraction of sp³-hybridized carbons (Fsp3) is 0.733. The summed E-state index contributed by atoms with van der Waals surface area (Å²) in [5, 5.41) is 4.37. The molecule has 1 aliphatic heterocycles. The molecule has 5 nitrogen and oxygen atoms in total. The molecule has 0 radical (unpaired) electrons. The standard InChI is InChI=1S/C15H26N4O/c1-10(16)13-5-7-19(8-6-13)15(20)9-14-11(2)17-18(4)12(14)3/h10,13H,5-9,16H2,1-4H3. The van der Waals surface area contributed by atoms with Crippen LogP contribution in [0.2, 0.25) is 0 Å². The van der Waals surface area contributed by atoms with Gasteiger partial charge in [0.1, 0.15) is 0 Å². The van der Waals surface area contributed by atoms with E-state index in [2.05, 4.69) is 12.0 Å². The average molecular weight is 278 g/mol. The van der Waals surface area contributed by atoms with Crippen LogP contribution < -0.4 is 5.73 Å². The molecule has 0 aromatic carbocycles. The van der Waals surface area contributed by atoms with Gasteiger partial charge in [0.2, 0.25) is 5.91 Å². The number of nitrogens with zero attached hydrogens (tertiary/aromatic N) is 3. The second kappa shape index (κ2) is 5.95. The van der Waals surface area contributed by atoms with Crippen molar-refractivity contribution in [1.82, 2.24) is 14.7 Å². The minimum atomic E-state index is 0.215. The highest BCUT2D eigenvalue weighted by molar-refractivity contribution is 5.79. The number of carbonyl (C=O) groups excluding carboxylic acids is 1. The van der Waals surface area contributed by atoms with Gasteiger partial charge in [0, 0.05) is 37.4 Å². The molecule has 1 aromatic rings. The Balaban J connectivity index is 1.96. The van der Waals surface area contributed by atoms with E-state index >= 15 is 0 Å². The van der Waals surface area contributed by atoms with Crippen LogP contribution >= 0.6 is 0 Å². The lowest BCUT2D eigenvalue weighted by Gasteiger charge is -2.33. The quantitative estimate of drug-likeness (QED) is 0.902. The van der Waals surface area contributed by atoms with Gasteiger partial charge in [0.15, 0.2) is 0 Å². The van der Waals surface area contributed by atoms with E-state index in [-0.39, 0.29) is 11.9 Å². The Hall–Kier alpha value is -1.36. The number of likely N-dealkylation sites (tertiary alicyclic amines) is 1. The van der Waals surface area contributed by atoms with Crippen molar-refractivity contribution < 1.29 is 4.79 Å². The number of amides is 1. The SMILES string of the molecule is Cc1nn(C)c(C)c1CC(=O)N1CCC(C(C)N)CC1. The lowest BCUT2D eigenvalue weighted by Crippen LogP contribution is -2.43. The first-order valence-corrected chi connectivity index (χ1v) is 7.42. The summed E-state index contributed by atoms with van der Waals surface area (Å²) >= 11 is 0. The summed E-state index contributed by atoms with van der Waals surface area (Å²) in [4.78, 5) is 14.4. The number of nitrogens with two attached hydrogens (primary N) is 1. The number of aromatic nitrogens is 2. The Morgan fingerprint density at radius 3 is 2.45 bits per heavy atom. The van der Waals surface area contributed by atoms with E-state index in [0.29, 0.717) is 12.3 Å². The molecule has 0 spiro atoms. The predicted molar refractivity (Wildman–Crippen MR) is 79.3 cm³/mol. The molecule has 1 aliphatic rings. The van der Waals surface area contributed by atoms with Crippen LogP contribution in [-0.2, 0) is 18.3 Å². The molecule has 5 heteroatoms. The minimum Gasteiger partial charge on any atom is -0.342 e. The third-order valence-corrected chi connectivity index (χ3v) is 4.62. The number of aryl methyl sites for hydroxylation is 2. The van der Waals surface area contributed by atoms with Crippen LogP contribution in [0.5, 0.6) is 0 Å². The molecule has 0 bridgehead atoms. The topological polar surface area (TPSA) is 64.2 Å². The zero-order valence-electron chi connectivity index (χ0n) is 13.0. The largest absolute Gasteiger partial charge is 0.342 e. The number of carbonyl (C=O) groups is 1. The van der Waals surface area contributed by atoms with Crippen molar-refractivity contribution in [1.29, 1.82) is 0 Å². The van der Waals surface area contributed by atoms with Crippen molar-refractivity contribution in [2.75, 3.05) is 13.1 Å². The number of hydrogen-bond donors (Lipinski definition) is 1. The Morgan fingerprint density at radius 2 is 2.00 bits per heavy atom. The first-order valence-electron chi connectivity index (χ1n) is 7.42. The molecule has 0 saturated carbocycles. The highest BCUT2D eigenvalue weighted by Crippen LogP contribution is 2.21. The van der Waals surface area contributed by atoms with Crippen molar-refractivity contribution in [3.8, 4) is 0 Å². The number of rotatable bonds is 3. The molecule has 112 valence electrons. The molecule has 0 aliphatic carbocycles. The van der Waals surface area contributed by atoms with Gasteiger partial charge >= 0.3 is 0 Å². The Kier molecular flexibility index (Phi) is 4.48. The average Bonchev–Trinajstić information content (AvgIpc) is 2.65. The highest BCUT2D eigenvalue weighted by Gasteiger charge is 2.25. The molecule has 1 unspecified atom stereocenters. The second-order valence-electron chi connectivity index (χ2n) is 6.03. The lowest BCUT2D eigenvalue weighted by atomic mass is 9.90. The van der Waals surface area contributed by atoms with E-state index in [1.165, 1.54) is 0 Å². The predicted octanol–water partition coefficient (Wildman–Crippen LogP) is 1.17. The van der Waals surface area contributed by atoms with Gasteiger partial charge in [-0.3, -0.25) is 9.48 Å². The molecule has 1 saturated heterocycles. The van der Waals surface area contributed by atoms with E-state index < -0.39 is 0 Å². The zero-order chi connectivity index (χ0) is 14.9. The maximum atomic E-state index is 12.4. The van der Waals surface area contributed by atoms with Crippen LogP contribution in [0.15, 0.2) is 0 Å². The molecular weight excluding hydrogens is 252 g/mol. The summed E-state index contributed by atoms with van der Waals surface area (Å²) in [6.07, 6.45) is 2.51. The van der Waals surface area contributed by atoms with Crippen LogP contribution in [-0.4, -0.2) is 39.7 Å². The van der Waals surface area contributed by atoms with Crippen LogP contribution in [0, 0.1) is 19.8 Å². The summed E-state index contributed by atoms with van der Waals surface area (Å²) in [6.45, 7) is 7.72. The fourth-order valence-corrected chi connectivity index (χ4v) is 3.01. The third kappa shape index (κ3) is 3.03. The highest BCUT2D eigenvalue weighted by atomic mass is 16.2. The van der Waals surface area contributed by atoms with Crippen LogP contribution in [0.3, 0.4) is 0 Å². The Morgan fingerprint density at radius 1 is 1.40 bits per heavy atom. The Bertz CT molecular complexity index is 484. The lowest BCUT2D eigenvalue weighted by molar-refractivity contribution is -0.131. The van der Waals surface area contributed by atoms with Crippen molar-refractivity contribution in [3.05, 3.63) is 17.0 Å². The molecule has 1 aromatic heterocycles. The van der Waals surface area contributed by atoms with Crippen LogP contribution in [0.1, 0.15) is 36.7 Å². The molecule has 2 heterocycles. The molecule has 1 amide bonds.